The highest BCUT2D eigenvalue weighted by Gasteiger charge is 2.29. The smallest absolute Gasteiger partial charge is 0.186 e. The molecule has 2 heterocycles. The van der Waals surface area contributed by atoms with E-state index in [1.54, 1.807) is 10.9 Å². The second-order valence-electron chi connectivity index (χ2n) is 4.30. The molecular weight excluding hydrogens is 244 g/mol. The highest BCUT2D eigenvalue weighted by molar-refractivity contribution is 7.99. The first-order chi connectivity index (χ1) is 7.61. The molecule has 1 aromatic rings. The standard InChI is InChI=1S/C11H15ClN2OS/c1-7(2)14-10(9(12)5-13-14)11(15)8-3-4-16-6-8/h5,7-8H,3-4,6H2,1-2H3. The summed E-state index contributed by atoms with van der Waals surface area (Å²) in [6.45, 7) is 4.01. The van der Waals surface area contributed by atoms with Gasteiger partial charge in [-0.25, -0.2) is 0 Å². The largest absolute Gasteiger partial charge is 0.292 e. The predicted molar refractivity (Wildman–Crippen MR) is 67.4 cm³/mol. The third-order valence-electron chi connectivity index (χ3n) is 2.77. The molecule has 88 valence electrons. The third kappa shape index (κ3) is 2.13. The molecule has 0 bridgehead atoms. The van der Waals surface area contributed by atoms with Crippen molar-refractivity contribution in [2.75, 3.05) is 11.5 Å². The SMILES string of the molecule is CC(C)n1ncc(Cl)c1C(=O)C1CCSC1. The van der Waals surface area contributed by atoms with E-state index in [1.807, 2.05) is 25.6 Å². The Balaban J connectivity index is 2.31. The lowest BCUT2D eigenvalue weighted by Gasteiger charge is -2.13. The molecule has 0 aliphatic carbocycles. The Hall–Kier alpha value is -0.480. The number of nitrogens with zero attached hydrogens (tertiary/aromatic N) is 2. The molecule has 5 heteroatoms. The third-order valence-corrected chi connectivity index (χ3v) is 4.21. The number of ketones is 1. The molecule has 0 N–H and O–H groups in total. The summed E-state index contributed by atoms with van der Waals surface area (Å²) in [6.07, 6.45) is 2.53. The number of carbonyl (C=O) groups excluding carboxylic acids is 1. The van der Waals surface area contributed by atoms with Gasteiger partial charge in [0.05, 0.1) is 11.2 Å². The second-order valence-corrected chi connectivity index (χ2v) is 5.86. The van der Waals surface area contributed by atoms with Crippen LogP contribution in [0.3, 0.4) is 0 Å². The predicted octanol–water partition coefficient (Wildman–Crippen LogP) is 3.05. The Bertz CT molecular complexity index is 397. The van der Waals surface area contributed by atoms with Crippen LogP contribution >= 0.6 is 23.4 Å². The Morgan fingerprint density at radius 3 is 3.00 bits per heavy atom. The van der Waals surface area contributed by atoms with E-state index in [-0.39, 0.29) is 17.7 Å². The molecule has 1 fully saturated rings. The molecule has 0 aromatic carbocycles. The van der Waals surface area contributed by atoms with Crippen molar-refractivity contribution in [3.05, 3.63) is 16.9 Å². The van der Waals surface area contributed by atoms with Gasteiger partial charge in [-0.05, 0) is 26.0 Å². The monoisotopic (exact) mass is 258 g/mol. The number of Topliss-reactive ketones (excluding diaryl/α,β-unsaturated/α-hetero) is 1. The lowest BCUT2D eigenvalue weighted by Crippen LogP contribution is -2.20. The second kappa shape index (κ2) is 4.80. The molecule has 1 unspecified atom stereocenters. The van der Waals surface area contributed by atoms with Crippen LogP contribution in [0.5, 0.6) is 0 Å². The molecule has 1 aromatic heterocycles. The molecule has 3 nitrogen and oxygen atoms in total. The van der Waals surface area contributed by atoms with Crippen LogP contribution in [0.1, 0.15) is 36.8 Å². The first-order valence-corrected chi connectivity index (χ1v) is 6.99. The van der Waals surface area contributed by atoms with Gasteiger partial charge in [-0.1, -0.05) is 11.6 Å². The van der Waals surface area contributed by atoms with E-state index in [2.05, 4.69) is 5.10 Å². The van der Waals surface area contributed by atoms with Crippen LogP contribution in [0, 0.1) is 5.92 Å². The van der Waals surface area contributed by atoms with Gasteiger partial charge in [0.25, 0.3) is 0 Å². The summed E-state index contributed by atoms with van der Waals surface area (Å²) >= 11 is 7.89. The van der Waals surface area contributed by atoms with E-state index in [1.165, 1.54) is 0 Å². The van der Waals surface area contributed by atoms with Crippen molar-refractivity contribution in [1.29, 1.82) is 0 Å². The zero-order valence-electron chi connectivity index (χ0n) is 9.44. The van der Waals surface area contributed by atoms with Crippen molar-refractivity contribution >= 4 is 29.1 Å². The van der Waals surface area contributed by atoms with E-state index in [0.717, 1.165) is 17.9 Å². The summed E-state index contributed by atoms with van der Waals surface area (Å²) < 4.78 is 1.73. The summed E-state index contributed by atoms with van der Waals surface area (Å²) in [6, 6.07) is 0.167. The molecule has 0 spiro atoms. The van der Waals surface area contributed by atoms with Gasteiger partial charge in [-0.15, -0.1) is 0 Å². The van der Waals surface area contributed by atoms with Crippen molar-refractivity contribution in [3.8, 4) is 0 Å². The minimum atomic E-state index is 0.122. The number of hydrogen-bond donors (Lipinski definition) is 0. The van der Waals surface area contributed by atoms with Crippen LogP contribution in [0.25, 0.3) is 0 Å². The topological polar surface area (TPSA) is 34.9 Å². The summed E-state index contributed by atoms with van der Waals surface area (Å²) in [4.78, 5) is 12.3. The van der Waals surface area contributed by atoms with Crippen LogP contribution in [-0.2, 0) is 0 Å². The van der Waals surface area contributed by atoms with Gasteiger partial charge in [-0.3, -0.25) is 9.48 Å². The van der Waals surface area contributed by atoms with Crippen LogP contribution in [0.2, 0.25) is 5.02 Å². The van der Waals surface area contributed by atoms with Crippen molar-refractivity contribution in [2.24, 2.45) is 5.92 Å². The Labute approximate surface area is 105 Å². The van der Waals surface area contributed by atoms with Crippen molar-refractivity contribution in [1.82, 2.24) is 9.78 Å². The fourth-order valence-corrected chi connectivity index (χ4v) is 3.34. The minimum absolute atomic E-state index is 0.122. The van der Waals surface area contributed by atoms with Crippen LogP contribution < -0.4 is 0 Å². The van der Waals surface area contributed by atoms with E-state index in [9.17, 15) is 4.79 Å². The molecule has 0 amide bonds. The average molecular weight is 259 g/mol. The molecule has 1 aliphatic rings. The molecular formula is C11H15ClN2OS. The molecule has 1 atom stereocenters. The van der Waals surface area contributed by atoms with Gasteiger partial charge in [0.2, 0.25) is 0 Å². The van der Waals surface area contributed by atoms with Gasteiger partial charge in [-0.2, -0.15) is 16.9 Å². The molecule has 0 saturated carbocycles. The lowest BCUT2D eigenvalue weighted by atomic mass is 10.0. The van der Waals surface area contributed by atoms with E-state index >= 15 is 0 Å². The van der Waals surface area contributed by atoms with E-state index in [4.69, 9.17) is 11.6 Å². The fraction of sp³-hybridized carbons (Fsp3) is 0.636. The number of hydrogen-bond acceptors (Lipinski definition) is 3. The highest BCUT2D eigenvalue weighted by atomic mass is 35.5. The van der Waals surface area contributed by atoms with Gasteiger partial charge in [0.15, 0.2) is 5.78 Å². The first kappa shape index (κ1) is 12.0. The molecule has 0 radical (unpaired) electrons. The number of thioether (sulfide) groups is 1. The minimum Gasteiger partial charge on any atom is -0.292 e. The van der Waals surface area contributed by atoms with Crippen molar-refractivity contribution in [3.63, 3.8) is 0 Å². The Kier molecular flexibility index (Phi) is 3.60. The highest BCUT2D eigenvalue weighted by Crippen LogP contribution is 2.29. The maximum Gasteiger partial charge on any atom is 0.186 e. The van der Waals surface area contributed by atoms with Gasteiger partial charge in [0.1, 0.15) is 5.69 Å². The summed E-state index contributed by atoms with van der Waals surface area (Å²) in [5.74, 6) is 2.26. The van der Waals surface area contributed by atoms with Crippen molar-refractivity contribution < 1.29 is 4.79 Å². The first-order valence-electron chi connectivity index (χ1n) is 5.46. The lowest BCUT2D eigenvalue weighted by molar-refractivity contribution is 0.0921. The fourth-order valence-electron chi connectivity index (χ4n) is 1.90. The van der Waals surface area contributed by atoms with Gasteiger partial charge in [0, 0.05) is 17.7 Å². The van der Waals surface area contributed by atoms with E-state index < -0.39 is 0 Å². The maximum atomic E-state index is 12.3. The number of halogens is 1. The van der Waals surface area contributed by atoms with Crippen LogP contribution in [-0.4, -0.2) is 27.1 Å². The number of aromatic nitrogens is 2. The zero-order valence-corrected chi connectivity index (χ0v) is 11.0. The maximum absolute atomic E-state index is 12.3. The molecule has 1 aliphatic heterocycles. The number of rotatable bonds is 3. The summed E-state index contributed by atoms with van der Waals surface area (Å²) in [7, 11) is 0. The quantitative estimate of drug-likeness (QED) is 0.782. The van der Waals surface area contributed by atoms with Crippen LogP contribution in [0.15, 0.2) is 6.20 Å². The molecule has 2 rings (SSSR count). The summed E-state index contributed by atoms with van der Waals surface area (Å²) in [5.41, 5.74) is 0.587. The Morgan fingerprint density at radius 2 is 2.44 bits per heavy atom. The average Bonchev–Trinajstić information content (AvgIpc) is 2.84. The zero-order chi connectivity index (χ0) is 11.7. The van der Waals surface area contributed by atoms with Crippen LogP contribution in [0.4, 0.5) is 0 Å². The molecule has 16 heavy (non-hydrogen) atoms. The van der Waals surface area contributed by atoms with E-state index in [0.29, 0.717) is 10.7 Å². The summed E-state index contributed by atoms with van der Waals surface area (Å²) in [5, 5.41) is 4.65. The van der Waals surface area contributed by atoms with Crippen molar-refractivity contribution in [2.45, 2.75) is 26.3 Å². The van der Waals surface area contributed by atoms with Gasteiger partial charge >= 0.3 is 0 Å². The number of carbonyl (C=O) groups is 1. The Morgan fingerprint density at radius 1 is 1.69 bits per heavy atom. The molecule has 1 saturated heterocycles. The van der Waals surface area contributed by atoms with Gasteiger partial charge < -0.3 is 0 Å². The normalized spacial score (nSPS) is 20.6.